The van der Waals surface area contributed by atoms with E-state index in [-0.39, 0.29) is 11.2 Å². The largest absolute Gasteiger partial charge is 0.434 e. The van der Waals surface area contributed by atoms with Gasteiger partial charge >= 0.3 is 6.18 Å². The summed E-state index contributed by atoms with van der Waals surface area (Å²) in [4.78, 5) is 12.3. The smallest absolute Gasteiger partial charge is 0.255 e. The maximum atomic E-state index is 13.4. The van der Waals surface area contributed by atoms with Crippen LogP contribution in [0, 0.1) is 0 Å². The van der Waals surface area contributed by atoms with Gasteiger partial charge in [0.15, 0.2) is 5.69 Å². The van der Waals surface area contributed by atoms with Gasteiger partial charge in [0.1, 0.15) is 5.82 Å². The SMILES string of the molecule is CCCCCCc1nc(C(F)(F)F)c2cnc3ccccc3c2n1. The van der Waals surface area contributed by atoms with Crippen LogP contribution in [0.4, 0.5) is 13.2 Å². The summed E-state index contributed by atoms with van der Waals surface area (Å²) in [5.41, 5.74) is 0.0680. The molecule has 2 heterocycles. The molecule has 0 saturated heterocycles. The lowest BCUT2D eigenvalue weighted by Crippen LogP contribution is -2.12. The number of hydrogen-bond acceptors (Lipinski definition) is 3. The molecule has 0 atom stereocenters. The topological polar surface area (TPSA) is 38.7 Å². The maximum Gasteiger partial charge on any atom is 0.434 e. The fraction of sp³-hybridized carbons (Fsp3) is 0.389. The molecule has 0 aliphatic carbocycles. The molecule has 2 aromatic heterocycles. The van der Waals surface area contributed by atoms with Crippen LogP contribution in [0.5, 0.6) is 0 Å². The minimum atomic E-state index is -4.52. The molecule has 0 saturated carbocycles. The number of fused-ring (bicyclic) bond motifs is 3. The number of unbranched alkanes of at least 4 members (excludes halogenated alkanes) is 3. The predicted molar refractivity (Wildman–Crippen MR) is 87.7 cm³/mol. The highest BCUT2D eigenvalue weighted by molar-refractivity contribution is 6.03. The Hall–Kier alpha value is -2.24. The molecule has 0 aliphatic rings. The number of aryl methyl sites for hydroxylation is 1. The van der Waals surface area contributed by atoms with Crippen LogP contribution < -0.4 is 0 Å². The van der Waals surface area contributed by atoms with Crippen molar-refractivity contribution in [1.82, 2.24) is 15.0 Å². The Bertz CT molecular complexity index is 859. The number of alkyl halides is 3. The van der Waals surface area contributed by atoms with E-state index in [1.165, 1.54) is 6.20 Å². The molecule has 6 heteroatoms. The fourth-order valence-electron chi connectivity index (χ4n) is 2.80. The zero-order chi connectivity index (χ0) is 17.2. The van der Waals surface area contributed by atoms with Crippen LogP contribution in [-0.4, -0.2) is 15.0 Å². The van der Waals surface area contributed by atoms with Crippen LogP contribution in [0.15, 0.2) is 30.5 Å². The molecule has 126 valence electrons. The van der Waals surface area contributed by atoms with Crippen molar-refractivity contribution < 1.29 is 13.2 Å². The number of aromatic nitrogens is 3. The summed E-state index contributed by atoms with van der Waals surface area (Å²) in [6.45, 7) is 2.09. The second-order valence-electron chi connectivity index (χ2n) is 5.83. The zero-order valence-electron chi connectivity index (χ0n) is 13.4. The number of para-hydroxylation sites is 1. The Labute approximate surface area is 138 Å². The third kappa shape index (κ3) is 3.32. The summed E-state index contributed by atoms with van der Waals surface area (Å²) in [7, 11) is 0. The number of hydrogen-bond donors (Lipinski definition) is 0. The molecule has 24 heavy (non-hydrogen) atoms. The van der Waals surface area contributed by atoms with Crippen molar-refractivity contribution in [3.05, 3.63) is 42.0 Å². The van der Waals surface area contributed by atoms with Gasteiger partial charge in [0.2, 0.25) is 0 Å². The van der Waals surface area contributed by atoms with Crippen molar-refractivity contribution in [3.8, 4) is 0 Å². The first-order valence-corrected chi connectivity index (χ1v) is 8.12. The van der Waals surface area contributed by atoms with Gasteiger partial charge in [-0.1, -0.05) is 44.4 Å². The van der Waals surface area contributed by atoms with Crippen molar-refractivity contribution in [1.29, 1.82) is 0 Å². The summed E-state index contributed by atoms with van der Waals surface area (Å²) < 4.78 is 40.3. The first-order chi connectivity index (χ1) is 11.5. The summed E-state index contributed by atoms with van der Waals surface area (Å²) >= 11 is 0. The molecule has 0 radical (unpaired) electrons. The maximum absolute atomic E-state index is 13.4. The van der Waals surface area contributed by atoms with Crippen LogP contribution in [0.2, 0.25) is 0 Å². The minimum absolute atomic E-state index is 0.0430. The molecular formula is C18H18F3N3. The van der Waals surface area contributed by atoms with Crippen LogP contribution in [0.1, 0.15) is 44.1 Å². The summed E-state index contributed by atoms with van der Waals surface area (Å²) in [5.74, 6) is 0.252. The molecular weight excluding hydrogens is 315 g/mol. The Kier molecular flexibility index (Phi) is 4.64. The molecule has 0 aliphatic heterocycles. The van der Waals surface area contributed by atoms with E-state index < -0.39 is 11.9 Å². The second-order valence-corrected chi connectivity index (χ2v) is 5.83. The molecule has 3 nitrogen and oxygen atoms in total. The third-order valence-corrected chi connectivity index (χ3v) is 4.01. The lowest BCUT2D eigenvalue weighted by molar-refractivity contribution is -0.140. The molecule has 0 unspecified atom stereocenters. The molecule has 0 bridgehead atoms. The number of benzene rings is 1. The average molecular weight is 333 g/mol. The van der Waals surface area contributed by atoms with E-state index >= 15 is 0 Å². The van der Waals surface area contributed by atoms with E-state index in [4.69, 9.17) is 0 Å². The highest BCUT2D eigenvalue weighted by Gasteiger charge is 2.36. The lowest BCUT2D eigenvalue weighted by Gasteiger charge is -2.12. The molecule has 3 rings (SSSR count). The van der Waals surface area contributed by atoms with E-state index in [9.17, 15) is 13.2 Å². The van der Waals surface area contributed by atoms with Crippen LogP contribution in [0.3, 0.4) is 0 Å². The van der Waals surface area contributed by atoms with E-state index in [0.717, 1.165) is 25.7 Å². The third-order valence-electron chi connectivity index (χ3n) is 4.01. The van der Waals surface area contributed by atoms with Crippen molar-refractivity contribution in [2.24, 2.45) is 0 Å². The Morgan fingerprint density at radius 2 is 1.75 bits per heavy atom. The van der Waals surface area contributed by atoms with Crippen LogP contribution in [0.25, 0.3) is 21.8 Å². The van der Waals surface area contributed by atoms with Gasteiger partial charge < -0.3 is 0 Å². The highest BCUT2D eigenvalue weighted by Crippen LogP contribution is 2.34. The lowest BCUT2D eigenvalue weighted by atomic mass is 10.1. The van der Waals surface area contributed by atoms with Gasteiger partial charge in [-0.15, -0.1) is 0 Å². The fourth-order valence-corrected chi connectivity index (χ4v) is 2.80. The summed E-state index contributed by atoms with van der Waals surface area (Å²) in [6.07, 6.45) is 1.05. The standard InChI is InChI=1S/C18H18F3N3/c1-2-3-4-5-10-15-23-16-12-8-6-7-9-14(12)22-11-13(16)17(24-15)18(19,20)21/h6-9,11H,2-5,10H2,1H3. The highest BCUT2D eigenvalue weighted by atomic mass is 19.4. The van der Waals surface area contributed by atoms with Gasteiger partial charge in [-0.2, -0.15) is 13.2 Å². The van der Waals surface area contributed by atoms with Gasteiger partial charge in [0.05, 0.1) is 16.4 Å². The zero-order valence-corrected chi connectivity index (χ0v) is 13.4. The minimum Gasteiger partial charge on any atom is -0.255 e. The van der Waals surface area contributed by atoms with Gasteiger partial charge in [0.25, 0.3) is 0 Å². The predicted octanol–water partition coefficient (Wildman–Crippen LogP) is 5.32. The Balaban J connectivity index is 2.14. The number of pyridine rings is 1. The van der Waals surface area contributed by atoms with E-state index in [1.807, 2.05) is 0 Å². The molecule has 0 amide bonds. The van der Waals surface area contributed by atoms with Crippen molar-refractivity contribution in [3.63, 3.8) is 0 Å². The molecule has 0 N–H and O–H groups in total. The first-order valence-electron chi connectivity index (χ1n) is 8.12. The van der Waals surface area contributed by atoms with Crippen LogP contribution in [-0.2, 0) is 12.6 Å². The number of rotatable bonds is 5. The first kappa shape index (κ1) is 16.6. The van der Waals surface area contributed by atoms with Crippen LogP contribution >= 0.6 is 0 Å². The molecule has 0 spiro atoms. The van der Waals surface area contributed by atoms with Gasteiger partial charge in [-0.05, 0) is 12.5 Å². The van der Waals surface area contributed by atoms with E-state index in [0.29, 0.717) is 22.8 Å². The summed E-state index contributed by atoms with van der Waals surface area (Å²) in [5, 5.41) is 0.580. The normalized spacial score (nSPS) is 12.2. The Morgan fingerprint density at radius 3 is 2.50 bits per heavy atom. The number of nitrogens with zero attached hydrogens (tertiary/aromatic N) is 3. The second kappa shape index (κ2) is 6.71. The van der Waals surface area contributed by atoms with Crippen molar-refractivity contribution >= 4 is 21.8 Å². The monoisotopic (exact) mass is 333 g/mol. The summed E-state index contributed by atoms with van der Waals surface area (Å²) in [6, 6.07) is 7.10. The molecule has 1 aromatic carbocycles. The molecule has 0 fully saturated rings. The average Bonchev–Trinajstić information content (AvgIpc) is 2.57. The van der Waals surface area contributed by atoms with Crippen molar-refractivity contribution in [2.75, 3.05) is 0 Å². The molecule has 3 aromatic rings. The van der Waals surface area contributed by atoms with E-state index in [1.54, 1.807) is 24.3 Å². The van der Waals surface area contributed by atoms with Gasteiger partial charge in [0, 0.05) is 18.0 Å². The van der Waals surface area contributed by atoms with Gasteiger partial charge in [-0.3, -0.25) is 4.98 Å². The van der Waals surface area contributed by atoms with Crippen molar-refractivity contribution in [2.45, 2.75) is 45.2 Å². The van der Waals surface area contributed by atoms with E-state index in [2.05, 4.69) is 21.9 Å². The number of halogens is 3. The Morgan fingerprint density at radius 1 is 0.958 bits per heavy atom. The van der Waals surface area contributed by atoms with Gasteiger partial charge in [-0.25, -0.2) is 9.97 Å². The quantitative estimate of drug-likeness (QED) is 0.468.